The van der Waals surface area contributed by atoms with Crippen molar-refractivity contribution >= 4 is 11.8 Å². The maximum Gasteiger partial charge on any atom is 0.311 e. The molecule has 0 fully saturated rings. The highest BCUT2D eigenvalue weighted by Crippen LogP contribution is 2.18. The zero-order chi connectivity index (χ0) is 15.7. The van der Waals surface area contributed by atoms with Gasteiger partial charge < -0.3 is 9.84 Å². The quantitative estimate of drug-likeness (QED) is 0.405. The number of carbonyl (C=O) groups excluding carboxylic acids is 1. The van der Waals surface area contributed by atoms with Crippen LogP contribution >= 0.6 is 0 Å². The molecule has 5 heteroatoms. The fourth-order valence-electron chi connectivity index (χ4n) is 1.94. The zero-order valence-electron chi connectivity index (χ0n) is 12.2. The van der Waals surface area contributed by atoms with E-state index in [9.17, 15) is 14.0 Å². The van der Waals surface area contributed by atoms with E-state index < -0.39 is 24.0 Å². The van der Waals surface area contributed by atoms with E-state index in [1.165, 1.54) is 25.0 Å². The molecule has 0 saturated carbocycles. The van der Waals surface area contributed by atoms with Crippen molar-refractivity contribution in [3.05, 3.63) is 29.6 Å². The topological polar surface area (TPSA) is 63.6 Å². The van der Waals surface area contributed by atoms with E-state index >= 15 is 0 Å². The van der Waals surface area contributed by atoms with E-state index in [0.29, 0.717) is 12.4 Å². The number of rotatable bonds is 10. The highest BCUT2D eigenvalue weighted by molar-refractivity contribution is 6.05. The standard InChI is InChI=1S/C16H21FO4/c1-2-3-4-5-6-9-21-12-7-8-13(14(17)10-12)15(18)11-16(19)20/h7-8,10H,2-6,9,11H2,1H3,(H,19,20). The zero-order valence-corrected chi connectivity index (χ0v) is 12.2. The van der Waals surface area contributed by atoms with Crippen LogP contribution in [0.5, 0.6) is 5.75 Å². The molecule has 0 aliphatic heterocycles. The van der Waals surface area contributed by atoms with Gasteiger partial charge in [-0.1, -0.05) is 32.6 Å². The first-order valence-electron chi connectivity index (χ1n) is 7.22. The van der Waals surface area contributed by atoms with Crippen molar-refractivity contribution in [2.75, 3.05) is 6.61 Å². The molecule has 1 N–H and O–H groups in total. The summed E-state index contributed by atoms with van der Waals surface area (Å²) < 4.78 is 19.1. The second-order valence-corrected chi connectivity index (χ2v) is 4.90. The van der Waals surface area contributed by atoms with Crippen molar-refractivity contribution in [1.82, 2.24) is 0 Å². The van der Waals surface area contributed by atoms with Gasteiger partial charge in [0.1, 0.15) is 18.0 Å². The second-order valence-electron chi connectivity index (χ2n) is 4.90. The summed E-state index contributed by atoms with van der Waals surface area (Å²) in [5.41, 5.74) is -0.215. The van der Waals surface area contributed by atoms with Crippen molar-refractivity contribution in [3.8, 4) is 5.75 Å². The molecule has 0 atom stereocenters. The molecule has 0 aliphatic carbocycles. The van der Waals surface area contributed by atoms with Gasteiger partial charge in [0.15, 0.2) is 5.78 Å². The van der Waals surface area contributed by atoms with Gasteiger partial charge in [0.25, 0.3) is 0 Å². The molecule has 0 bridgehead atoms. The smallest absolute Gasteiger partial charge is 0.311 e. The number of hydrogen-bond acceptors (Lipinski definition) is 3. The highest BCUT2D eigenvalue weighted by Gasteiger charge is 2.15. The number of carboxylic acids is 1. The minimum Gasteiger partial charge on any atom is -0.493 e. The molecule has 1 rings (SSSR count). The van der Waals surface area contributed by atoms with Crippen LogP contribution in [-0.2, 0) is 4.79 Å². The Morgan fingerprint density at radius 3 is 2.52 bits per heavy atom. The van der Waals surface area contributed by atoms with Crippen LogP contribution in [0.3, 0.4) is 0 Å². The summed E-state index contributed by atoms with van der Waals surface area (Å²) in [5, 5.41) is 8.53. The number of ether oxygens (including phenoxy) is 1. The number of ketones is 1. The van der Waals surface area contributed by atoms with Crippen LogP contribution < -0.4 is 4.74 Å². The second kappa shape index (κ2) is 9.10. The van der Waals surface area contributed by atoms with Gasteiger partial charge in [0, 0.05) is 6.07 Å². The van der Waals surface area contributed by atoms with E-state index in [4.69, 9.17) is 9.84 Å². The lowest BCUT2D eigenvalue weighted by Crippen LogP contribution is -2.09. The summed E-state index contributed by atoms with van der Waals surface area (Å²) in [6.45, 7) is 2.65. The van der Waals surface area contributed by atoms with Crippen LogP contribution in [-0.4, -0.2) is 23.5 Å². The predicted molar refractivity (Wildman–Crippen MR) is 77.2 cm³/mol. The molecule has 0 radical (unpaired) electrons. The summed E-state index contributed by atoms with van der Waals surface area (Å²) in [5.74, 6) is -2.41. The van der Waals surface area contributed by atoms with Crippen LogP contribution in [0.2, 0.25) is 0 Å². The number of hydrogen-bond donors (Lipinski definition) is 1. The number of unbranched alkanes of at least 4 members (excludes halogenated alkanes) is 4. The average molecular weight is 296 g/mol. The number of benzene rings is 1. The predicted octanol–water partition coefficient (Wildman–Crippen LogP) is 3.83. The third-order valence-electron chi connectivity index (χ3n) is 3.07. The van der Waals surface area contributed by atoms with E-state index in [1.807, 2.05) is 0 Å². The monoisotopic (exact) mass is 296 g/mol. The molecule has 4 nitrogen and oxygen atoms in total. The summed E-state index contributed by atoms with van der Waals surface area (Å²) >= 11 is 0. The van der Waals surface area contributed by atoms with Crippen LogP contribution in [0, 0.1) is 5.82 Å². The lowest BCUT2D eigenvalue weighted by molar-refractivity contribution is -0.135. The minimum absolute atomic E-state index is 0.215. The Kier molecular flexibility index (Phi) is 7.43. The molecule has 21 heavy (non-hydrogen) atoms. The molecule has 116 valence electrons. The summed E-state index contributed by atoms with van der Waals surface area (Å²) in [7, 11) is 0. The molecule has 0 aromatic heterocycles. The van der Waals surface area contributed by atoms with Crippen LogP contribution in [0.15, 0.2) is 18.2 Å². The van der Waals surface area contributed by atoms with Crippen molar-refractivity contribution in [3.63, 3.8) is 0 Å². The minimum atomic E-state index is -1.27. The number of halogens is 1. The van der Waals surface area contributed by atoms with E-state index in [-0.39, 0.29) is 5.56 Å². The van der Waals surface area contributed by atoms with Crippen LogP contribution in [0.1, 0.15) is 55.8 Å². The number of carboxylic acid groups (broad SMARTS) is 1. The molecule has 0 heterocycles. The van der Waals surface area contributed by atoms with Crippen molar-refractivity contribution < 1.29 is 23.8 Å². The van der Waals surface area contributed by atoms with Crippen LogP contribution in [0.25, 0.3) is 0 Å². The number of Topliss-reactive ketones (excluding diaryl/α,β-unsaturated/α-hetero) is 1. The van der Waals surface area contributed by atoms with Gasteiger partial charge in [-0.3, -0.25) is 9.59 Å². The van der Waals surface area contributed by atoms with Gasteiger partial charge in [0.05, 0.1) is 12.2 Å². The molecular weight excluding hydrogens is 275 g/mol. The average Bonchev–Trinajstić information content (AvgIpc) is 2.42. The van der Waals surface area contributed by atoms with E-state index in [0.717, 1.165) is 25.3 Å². The summed E-state index contributed by atoms with van der Waals surface area (Å²) in [6.07, 6.45) is 4.81. The number of carbonyl (C=O) groups is 2. The molecule has 0 aliphatic rings. The molecule has 1 aromatic rings. The Bertz CT molecular complexity index is 485. The van der Waals surface area contributed by atoms with Gasteiger partial charge in [-0.05, 0) is 18.6 Å². The lowest BCUT2D eigenvalue weighted by atomic mass is 10.1. The number of aliphatic carboxylic acids is 1. The maximum atomic E-state index is 13.7. The van der Waals surface area contributed by atoms with E-state index in [1.54, 1.807) is 0 Å². The summed E-state index contributed by atoms with van der Waals surface area (Å²) in [6, 6.07) is 3.89. The third-order valence-corrected chi connectivity index (χ3v) is 3.07. The fourth-order valence-corrected chi connectivity index (χ4v) is 1.94. The van der Waals surface area contributed by atoms with Crippen LogP contribution in [0.4, 0.5) is 4.39 Å². The molecular formula is C16H21FO4. The third kappa shape index (κ3) is 6.38. The van der Waals surface area contributed by atoms with Gasteiger partial charge in [-0.2, -0.15) is 0 Å². The SMILES string of the molecule is CCCCCCCOc1ccc(C(=O)CC(=O)O)c(F)c1. The van der Waals surface area contributed by atoms with Gasteiger partial charge >= 0.3 is 5.97 Å². The largest absolute Gasteiger partial charge is 0.493 e. The van der Waals surface area contributed by atoms with Gasteiger partial charge in [-0.15, -0.1) is 0 Å². The lowest BCUT2D eigenvalue weighted by Gasteiger charge is -2.07. The normalized spacial score (nSPS) is 10.4. The fraction of sp³-hybridized carbons (Fsp3) is 0.500. The Morgan fingerprint density at radius 2 is 1.90 bits per heavy atom. The Labute approximate surface area is 123 Å². The Balaban J connectivity index is 2.46. The Hall–Kier alpha value is -1.91. The molecule has 0 spiro atoms. The first-order valence-corrected chi connectivity index (χ1v) is 7.22. The molecule has 0 amide bonds. The Morgan fingerprint density at radius 1 is 1.19 bits per heavy atom. The highest BCUT2D eigenvalue weighted by atomic mass is 19.1. The van der Waals surface area contributed by atoms with Crippen molar-refractivity contribution in [2.24, 2.45) is 0 Å². The first-order chi connectivity index (χ1) is 10.0. The molecule has 0 unspecified atom stereocenters. The van der Waals surface area contributed by atoms with Crippen molar-refractivity contribution in [2.45, 2.75) is 45.4 Å². The molecule has 1 aromatic carbocycles. The first kappa shape index (κ1) is 17.1. The van der Waals surface area contributed by atoms with Gasteiger partial charge in [-0.25, -0.2) is 4.39 Å². The summed E-state index contributed by atoms with van der Waals surface area (Å²) in [4.78, 5) is 21.9. The van der Waals surface area contributed by atoms with Gasteiger partial charge in [0.2, 0.25) is 0 Å². The van der Waals surface area contributed by atoms with E-state index in [2.05, 4.69) is 6.92 Å². The maximum absolute atomic E-state index is 13.7. The molecule has 0 saturated heterocycles. The van der Waals surface area contributed by atoms with Crippen molar-refractivity contribution in [1.29, 1.82) is 0 Å².